The van der Waals surface area contributed by atoms with Gasteiger partial charge in [-0.1, -0.05) is 54.7 Å². The second kappa shape index (κ2) is 9.68. The zero-order chi connectivity index (χ0) is 19.0. The Labute approximate surface area is 170 Å². The second-order valence-corrected chi connectivity index (χ2v) is 8.05. The van der Waals surface area contributed by atoms with Gasteiger partial charge in [-0.2, -0.15) is 0 Å². The van der Waals surface area contributed by atoms with Crippen LogP contribution in [0.3, 0.4) is 0 Å². The summed E-state index contributed by atoms with van der Waals surface area (Å²) < 4.78 is 0. The molecule has 0 saturated carbocycles. The van der Waals surface area contributed by atoms with Crippen molar-refractivity contribution in [3.8, 4) is 0 Å². The van der Waals surface area contributed by atoms with Crippen LogP contribution in [-0.4, -0.2) is 5.71 Å². The van der Waals surface area contributed by atoms with E-state index in [-0.39, 0.29) is 0 Å². The predicted molar refractivity (Wildman–Crippen MR) is 121 cm³/mol. The van der Waals surface area contributed by atoms with Crippen molar-refractivity contribution >= 4 is 5.71 Å². The lowest BCUT2D eigenvalue weighted by Crippen LogP contribution is -2.02. The maximum Gasteiger partial charge on any atom is 0.0410 e. The summed E-state index contributed by atoms with van der Waals surface area (Å²) in [5.74, 6) is 0. The van der Waals surface area contributed by atoms with Crippen molar-refractivity contribution in [3.05, 3.63) is 94.8 Å². The van der Waals surface area contributed by atoms with Crippen LogP contribution in [-0.2, 0) is 0 Å². The summed E-state index contributed by atoms with van der Waals surface area (Å²) in [5.41, 5.74) is 8.41. The van der Waals surface area contributed by atoms with Crippen molar-refractivity contribution in [2.45, 2.75) is 64.2 Å². The molecule has 0 heterocycles. The molecule has 0 aliphatic heterocycles. The van der Waals surface area contributed by atoms with Crippen LogP contribution in [0.2, 0.25) is 0 Å². The predicted octanol–water partition coefficient (Wildman–Crippen LogP) is 7.64. The summed E-state index contributed by atoms with van der Waals surface area (Å²) >= 11 is 0. The van der Waals surface area contributed by atoms with Gasteiger partial charge in [0.15, 0.2) is 0 Å². The van der Waals surface area contributed by atoms with Crippen LogP contribution >= 0.6 is 0 Å². The molecule has 4 aliphatic carbocycles. The number of aliphatic imine (C=N–C) groups is 1. The molecule has 0 spiro atoms. The molecule has 0 saturated heterocycles. The Hall–Kier alpha value is -2.41. The summed E-state index contributed by atoms with van der Waals surface area (Å²) in [5, 5.41) is 0. The molecule has 1 nitrogen and oxygen atoms in total. The molecular formula is C27H31N. The van der Waals surface area contributed by atoms with Crippen molar-refractivity contribution in [1.82, 2.24) is 0 Å². The minimum atomic E-state index is 1.06. The Balaban J connectivity index is 1.35. The minimum absolute atomic E-state index is 1.06. The fourth-order valence-electron chi connectivity index (χ4n) is 4.19. The largest absolute Gasteiger partial charge is 0.258 e. The van der Waals surface area contributed by atoms with Crippen molar-refractivity contribution in [2.75, 3.05) is 0 Å². The van der Waals surface area contributed by atoms with E-state index in [1.54, 1.807) is 0 Å². The first-order valence-electron chi connectivity index (χ1n) is 10.9. The monoisotopic (exact) mass is 369 g/mol. The molecule has 0 radical (unpaired) electrons. The molecule has 0 unspecified atom stereocenters. The van der Waals surface area contributed by atoms with E-state index < -0.39 is 0 Å². The molecule has 0 fully saturated rings. The summed E-state index contributed by atoms with van der Waals surface area (Å²) in [6, 6.07) is 0. The standard InChI is InChI=1S/C27H31N/c1-3-8-22(9-4-1)10-7-11-23-14-16-24(17-15-23)25-18-20-27(21-19-25)28-26-12-5-2-6-13-26/h3,5,7-9,11-12,14,16,18,20H,1-2,4,6,10,13,15,17,19,21H2/b11-7+,28-26?. The Morgan fingerprint density at radius 3 is 2.32 bits per heavy atom. The molecule has 0 N–H and O–H groups in total. The van der Waals surface area contributed by atoms with Gasteiger partial charge in [0.05, 0.1) is 0 Å². The average Bonchev–Trinajstić information content (AvgIpc) is 2.76. The van der Waals surface area contributed by atoms with Crippen LogP contribution in [0.25, 0.3) is 0 Å². The summed E-state index contributed by atoms with van der Waals surface area (Å²) in [7, 11) is 0. The molecule has 0 atom stereocenters. The summed E-state index contributed by atoms with van der Waals surface area (Å²) in [4.78, 5) is 4.86. The lowest BCUT2D eigenvalue weighted by atomic mass is 9.88. The van der Waals surface area contributed by atoms with Gasteiger partial charge in [0.1, 0.15) is 0 Å². The molecule has 144 valence electrons. The fourth-order valence-corrected chi connectivity index (χ4v) is 4.19. The third kappa shape index (κ3) is 5.32. The van der Waals surface area contributed by atoms with Gasteiger partial charge < -0.3 is 0 Å². The number of hydrogen-bond acceptors (Lipinski definition) is 1. The third-order valence-corrected chi connectivity index (χ3v) is 5.88. The van der Waals surface area contributed by atoms with E-state index in [0.29, 0.717) is 0 Å². The highest BCUT2D eigenvalue weighted by Crippen LogP contribution is 2.31. The maximum absolute atomic E-state index is 4.86. The van der Waals surface area contributed by atoms with Gasteiger partial charge in [-0.15, -0.1) is 0 Å². The van der Waals surface area contributed by atoms with Gasteiger partial charge in [0.25, 0.3) is 0 Å². The summed E-state index contributed by atoms with van der Waals surface area (Å²) in [6.45, 7) is 0. The van der Waals surface area contributed by atoms with Crippen molar-refractivity contribution in [2.24, 2.45) is 4.99 Å². The van der Waals surface area contributed by atoms with Crippen molar-refractivity contribution in [1.29, 1.82) is 0 Å². The molecule has 0 aromatic rings. The highest BCUT2D eigenvalue weighted by molar-refractivity contribution is 5.96. The van der Waals surface area contributed by atoms with Gasteiger partial charge in [-0.3, -0.25) is 4.99 Å². The zero-order valence-corrected chi connectivity index (χ0v) is 16.9. The van der Waals surface area contributed by atoms with Gasteiger partial charge >= 0.3 is 0 Å². The first-order valence-corrected chi connectivity index (χ1v) is 10.9. The molecule has 0 amide bonds. The SMILES string of the molecule is C1=CC(C/C=C/C2=CC=C(C3=CC=C(N=C4C=CCCC4)CC3)CC2)=CCC1. The fraction of sp³-hybridized carbons (Fsp3) is 0.370. The Morgan fingerprint density at radius 2 is 1.64 bits per heavy atom. The van der Waals surface area contributed by atoms with E-state index >= 15 is 0 Å². The number of nitrogens with zero attached hydrogens (tertiary/aromatic N) is 1. The first kappa shape index (κ1) is 18.9. The van der Waals surface area contributed by atoms with Crippen LogP contribution in [0.15, 0.2) is 99.8 Å². The molecule has 28 heavy (non-hydrogen) atoms. The molecule has 1 heteroatoms. The van der Waals surface area contributed by atoms with E-state index in [4.69, 9.17) is 4.99 Å². The topological polar surface area (TPSA) is 12.4 Å². The lowest BCUT2D eigenvalue weighted by molar-refractivity contribution is 0.843. The normalized spacial score (nSPS) is 24.0. The molecule has 0 aromatic carbocycles. The quantitative estimate of drug-likeness (QED) is 0.472. The van der Waals surface area contributed by atoms with Crippen molar-refractivity contribution < 1.29 is 0 Å². The first-order chi connectivity index (χ1) is 13.9. The lowest BCUT2D eigenvalue weighted by Gasteiger charge is -2.19. The smallest absolute Gasteiger partial charge is 0.0410 e. The second-order valence-electron chi connectivity index (χ2n) is 8.05. The van der Waals surface area contributed by atoms with Crippen LogP contribution in [0.5, 0.6) is 0 Å². The van der Waals surface area contributed by atoms with Gasteiger partial charge in [0.2, 0.25) is 0 Å². The highest BCUT2D eigenvalue weighted by atomic mass is 14.8. The van der Waals surface area contributed by atoms with E-state index in [1.165, 1.54) is 59.4 Å². The summed E-state index contributed by atoms with van der Waals surface area (Å²) in [6.07, 6.45) is 36.7. The van der Waals surface area contributed by atoms with E-state index in [9.17, 15) is 0 Å². The van der Waals surface area contributed by atoms with E-state index in [2.05, 4.69) is 66.8 Å². The number of rotatable bonds is 5. The number of allylic oxidation sites excluding steroid dienone is 16. The maximum atomic E-state index is 4.86. The molecule has 0 bridgehead atoms. The number of hydrogen-bond donors (Lipinski definition) is 0. The Bertz CT molecular complexity index is 862. The van der Waals surface area contributed by atoms with E-state index in [1.807, 2.05) is 0 Å². The minimum Gasteiger partial charge on any atom is -0.258 e. The van der Waals surface area contributed by atoms with Crippen LogP contribution in [0.4, 0.5) is 0 Å². The highest BCUT2D eigenvalue weighted by Gasteiger charge is 2.13. The Kier molecular flexibility index (Phi) is 6.55. The zero-order valence-electron chi connectivity index (χ0n) is 16.9. The van der Waals surface area contributed by atoms with Crippen LogP contribution < -0.4 is 0 Å². The van der Waals surface area contributed by atoms with E-state index in [0.717, 1.165) is 38.5 Å². The van der Waals surface area contributed by atoms with Crippen LogP contribution in [0, 0.1) is 0 Å². The Morgan fingerprint density at radius 1 is 0.786 bits per heavy atom. The third-order valence-electron chi connectivity index (χ3n) is 5.88. The molecule has 4 aliphatic rings. The van der Waals surface area contributed by atoms with Crippen molar-refractivity contribution in [3.63, 3.8) is 0 Å². The molecular weight excluding hydrogens is 338 g/mol. The van der Waals surface area contributed by atoms with Gasteiger partial charge in [0, 0.05) is 11.4 Å². The molecule has 4 rings (SSSR count). The van der Waals surface area contributed by atoms with Gasteiger partial charge in [-0.25, -0.2) is 0 Å². The molecule has 0 aromatic heterocycles. The van der Waals surface area contributed by atoms with Gasteiger partial charge in [-0.05, 0) is 98.7 Å². The average molecular weight is 370 g/mol. The van der Waals surface area contributed by atoms with Crippen LogP contribution in [0.1, 0.15) is 64.2 Å².